The Bertz CT molecular complexity index is 777. The lowest BCUT2D eigenvalue weighted by Gasteiger charge is -2.18. The number of anilines is 1. The van der Waals surface area contributed by atoms with E-state index in [2.05, 4.69) is 22.4 Å². The van der Waals surface area contributed by atoms with E-state index in [1.165, 1.54) is 5.56 Å². The maximum Gasteiger partial charge on any atom is 0.0737 e. The second-order valence-corrected chi connectivity index (χ2v) is 5.96. The van der Waals surface area contributed by atoms with Crippen LogP contribution in [0.3, 0.4) is 0 Å². The van der Waals surface area contributed by atoms with Gasteiger partial charge in [0.15, 0.2) is 0 Å². The fourth-order valence-electron chi connectivity index (χ4n) is 2.78. The average Bonchev–Trinajstić information content (AvgIpc) is 2.59. The number of halogens is 1. The largest absolute Gasteiger partial charge is 0.396 e. The molecule has 1 atom stereocenters. The van der Waals surface area contributed by atoms with Gasteiger partial charge in [-0.2, -0.15) is 0 Å². The smallest absolute Gasteiger partial charge is 0.0737 e. The molecule has 0 bridgehead atoms. The van der Waals surface area contributed by atoms with E-state index in [0.717, 1.165) is 29.6 Å². The molecule has 1 heterocycles. The number of hydrogen-bond donors (Lipinski definition) is 2. The predicted molar refractivity (Wildman–Crippen MR) is 96.1 cm³/mol. The minimum atomic E-state index is 0.175. The van der Waals surface area contributed by atoms with Crippen molar-refractivity contribution in [1.82, 2.24) is 4.98 Å². The Kier molecular flexibility index (Phi) is 5.11. The van der Waals surface area contributed by atoms with Crippen molar-refractivity contribution in [3.05, 3.63) is 71.4 Å². The summed E-state index contributed by atoms with van der Waals surface area (Å²) in [6, 6.07) is 18.0. The average molecular weight is 327 g/mol. The molecule has 1 aromatic heterocycles. The first-order chi connectivity index (χ1) is 11.3. The van der Waals surface area contributed by atoms with E-state index in [0.29, 0.717) is 5.02 Å². The summed E-state index contributed by atoms with van der Waals surface area (Å²) in [5.74, 6) is 0.261. The van der Waals surface area contributed by atoms with Gasteiger partial charge in [0.25, 0.3) is 0 Å². The van der Waals surface area contributed by atoms with Crippen molar-refractivity contribution >= 4 is 28.2 Å². The lowest BCUT2D eigenvalue weighted by molar-refractivity contribution is 0.277. The van der Waals surface area contributed by atoms with E-state index in [1.54, 1.807) is 6.20 Å². The molecule has 0 aliphatic carbocycles. The zero-order valence-corrected chi connectivity index (χ0v) is 13.5. The Morgan fingerprint density at radius 2 is 1.91 bits per heavy atom. The van der Waals surface area contributed by atoms with Crippen molar-refractivity contribution in [3.63, 3.8) is 0 Å². The molecule has 0 amide bonds. The van der Waals surface area contributed by atoms with Crippen LogP contribution < -0.4 is 5.32 Å². The summed E-state index contributed by atoms with van der Waals surface area (Å²) in [7, 11) is 0. The number of pyridine rings is 1. The minimum Gasteiger partial charge on any atom is -0.396 e. The molecule has 4 heteroatoms. The van der Waals surface area contributed by atoms with Crippen LogP contribution in [0.1, 0.15) is 17.9 Å². The molecule has 0 radical (unpaired) electrons. The topological polar surface area (TPSA) is 45.1 Å². The summed E-state index contributed by atoms with van der Waals surface area (Å²) in [6.07, 6.45) is 2.51. The first-order valence-electron chi connectivity index (χ1n) is 7.72. The third-order valence-electron chi connectivity index (χ3n) is 3.99. The first-order valence-corrected chi connectivity index (χ1v) is 8.09. The Morgan fingerprint density at radius 3 is 2.70 bits per heavy atom. The van der Waals surface area contributed by atoms with Crippen LogP contribution >= 0.6 is 11.6 Å². The van der Waals surface area contributed by atoms with Gasteiger partial charge >= 0.3 is 0 Å². The Labute approximate surface area is 140 Å². The maximum absolute atomic E-state index is 9.35. The molecule has 0 fully saturated rings. The van der Waals surface area contributed by atoms with Crippen molar-refractivity contribution in [2.45, 2.75) is 12.3 Å². The number of hydrogen-bond acceptors (Lipinski definition) is 3. The Balaban J connectivity index is 1.81. The molecule has 0 saturated heterocycles. The molecule has 0 aliphatic rings. The molecule has 3 nitrogen and oxygen atoms in total. The van der Waals surface area contributed by atoms with Gasteiger partial charge in [-0.15, -0.1) is 0 Å². The van der Waals surface area contributed by atoms with Crippen LogP contribution in [-0.2, 0) is 0 Å². The summed E-state index contributed by atoms with van der Waals surface area (Å²) in [6.45, 7) is 0.931. The second-order valence-electron chi connectivity index (χ2n) is 5.52. The number of aliphatic hydroxyl groups is 1. The number of aliphatic hydroxyl groups excluding tert-OH is 1. The van der Waals surface area contributed by atoms with Crippen molar-refractivity contribution in [1.29, 1.82) is 0 Å². The number of nitrogens with one attached hydrogen (secondary N) is 1. The van der Waals surface area contributed by atoms with Gasteiger partial charge in [-0.25, -0.2) is 0 Å². The van der Waals surface area contributed by atoms with Crippen LogP contribution in [0.15, 0.2) is 60.8 Å². The first kappa shape index (κ1) is 15.8. The lowest BCUT2D eigenvalue weighted by Crippen LogP contribution is -2.14. The number of benzene rings is 2. The molecule has 0 saturated carbocycles. The third kappa shape index (κ3) is 3.81. The second kappa shape index (κ2) is 7.44. The van der Waals surface area contributed by atoms with Crippen LogP contribution in [-0.4, -0.2) is 23.2 Å². The van der Waals surface area contributed by atoms with Gasteiger partial charge in [-0.3, -0.25) is 4.98 Å². The molecule has 2 N–H and O–H groups in total. The number of fused-ring (bicyclic) bond motifs is 1. The molecule has 2 aromatic carbocycles. The third-order valence-corrected chi connectivity index (χ3v) is 4.23. The normalized spacial score (nSPS) is 12.3. The van der Waals surface area contributed by atoms with Gasteiger partial charge in [0.05, 0.1) is 5.52 Å². The monoisotopic (exact) mass is 326 g/mol. The predicted octanol–water partition coefficient (Wildman–Crippen LogP) is 4.47. The fourth-order valence-corrected chi connectivity index (χ4v) is 2.94. The molecule has 118 valence electrons. The molecule has 3 rings (SSSR count). The molecule has 23 heavy (non-hydrogen) atoms. The van der Waals surface area contributed by atoms with E-state index in [1.807, 2.05) is 42.5 Å². The molecule has 1 unspecified atom stereocenters. The number of rotatable bonds is 6. The summed E-state index contributed by atoms with van der Waals surface area (Å²) in [5, 5.41) is 14.6. The summed E-state index contributed by atoms with van der Waals surface area (Å²) in [4.78, 5) is 4.36. The van der Waals surface area contributed by atoms with E-state index in [4.69, 9.17) is 11.6 Å². The van der Waals surface area contributed by atoms with Gasteiger partial charge in [-0.1, -0.05) is 41.9 Å². The zero-order chi connectivity index (χ0) is 16.1. The Hall–Kier alpha value is -2.10. The van der Waals surface area contributed by atoms with Crippen molar-refractivity contribution < 1.29 is 5.11 Å². The quantitative estimate of drug-likeness (QED) is 0.702. The van der Waals surface area contributed by atoms with Gasteiger partial charge in [0.2, 0.25) is 0 Å². The van der Waals surface area contributed by atoms with E-state index in [9.17, 15) is 5.11 Å². The SMILES string of the molecule is OCCC(CNc1ccnc2cc(Cl)ccc12)c1ccccc1. The van der Waals surface area contributed by atoms with Crippen LogP contribution in [0.2, 0.25) is 5.02 Å². The maximum atomic E-state index is 9.35. The molecule has 0 aliphatic heterocycles. The fraction of sp³-hybridized carbons (Fsp3) is 0.211. The lowest BCUT2D eigenvalue weighted by atomic mass is 9.96. The van der Waals surface area contributed by atoms with E-state index >= 15 is 0 Å². The summed E-state index contributed by atoms with van der Waals surface area (Å²) < 4.78 is 0. The highest BCUT2D eigenvalue weighted by molar-refractivity contribution is 6.31. The molecule has 3 aromatic rings. The number of aromatic nitrogens is 1. The minimum absolute atomic E-state index is 0.175. The van der Waals surface area contributed by atoms with Gasteiger partial charge < -0.3 is 10.4 Å². The van der Waals surface area contributed by atoms with E-state index in [-0.39, 0.29) is 12.5 Å². The van der Waals surface area contributed by atoms with Crippen molar-refractivity contribution in [3.8, 4) is 0 Å². The molecule has 0 spiro atoms. The van der Waals surface area contributed by atoms with Gasteiger partial charge in [0.1, 0.15) is 0 Å². The summed E-state index contributed by atoms with van der Waals surface area (Å²) >= 11 is 6.03. The van der Waals surface area contributed by atoms with E-state index < -0.39 is 0 Å². The Morgan fingerprint density at radius 1 is 1.09 bits per heavy atom. The summed E-state index contributed by atoms with van der Waals surface area (Å²) in [5.41, 5.74) is 3.14. The standard InChI is InChI=1S/C19H19ClN2O/c20-16-6-7-17-18(8-10-21-19(17)12-16)22-13-15(9-11-23)14-4-2-1-3-5-14/h1-8,10,12,15,23H,9,11,13H2,(H,21,22). The zero-order valence-electron chi connectivity index (χ0n) is 12.7. The van der Waals surface area contributed by atoms with Crippen LogP contribution in [0.5, 0.6) is 0 Å². The van der Waals surface area contributed by atoms with Crippen LogP contribution in [0, 0.1) is 0 Å². The highest BCUT2D eigenvalue weighted by atomic mass is 35.5. The highest BCUT2D eigenvalue weighted by Gasteiger charge is 2.11. The molecular weight excluding hydrogens is 308 g/mol. The van der Waals surface area contributed by atoms with Crippen LogP contribution in [0.4, 0.5) is 5.69 Å². The van der Waals surface area contributed by atoms with Crippen LogP contribution in [0.25, 0.3) is 10.9 Å². The van der Waals surface area contributed by atoms with Gasteiger partial charge in [-0.05, 0) is 36.2 Å². The highest BCUT2D eigenvalue weighted by Crippen LogP contribution is 2.26. The molecular formula is C19H19ClN2O. The van der Waals surface area contributed by atoms with Crippen molar-refractivity contribution in [2.24, 2.45) is 0 Å². The van der Waals surface area contributed by atoms with Crippen molar-refractivity contribution in [2.75, 3.05) is 18.5 Å². The van der Waals surface area contributed by atoms with Gasteiger partial charge in [0, 0.05) is 41.4 Å². The number of nitrogens with zero attached hydrogens (tertiary/aromatic N) is 1.